The van der Waals surface area contributed by atoms with Crippen LogP contribution in [-0.4, -0.2) is 16.1 Å². The quantitative estimate of drug-likeness (QED) is 0.579. The molecule has 3 rings (SSSR count). The number of benzene rings is 2. The molecule has 0 N–H and O–H groups in total. The molecule has 0 fully saturated rings. The minimum atomic E-state index is -1.28. The average Bonchev–Trinajstić information content (AvgIpc) is 2.77. The highest BCUT2D eigenvalue weighted by molar-refractivity contribution is 6.89. The van der Waals surface area contributed by atoms with Gasteiger partial charge in [-0.05, 0) is 53.6 Å². The summed E-state index contributed by atoms with van der Waals surface area (Å²) >= 11 is 0. The van der Waals surface area contributed by atoms with E-state index in [1.54, 1.807) is 21.5 Å². The van der Waals surface area contributed by atoms with Gasteiger partial charge in [0.2, 0.25) is 0 Å². The normalized spacial score (nSPS) is 13.9. The first-order valence-electron chi connectivity index (χ1n) is 8.77. The van der Waals surface area contributed by atoms with Gasteiger partial charge in [-0.1, -0.05) is 73.9 Å². The molecular formula is C21H30Si2. The van der Waals surface area contributed by atoms with Gasteiger partial charge in [-0.25, -0.2) is 0 Å². The van der Waals surface area contributed by atoms with Gasteiger partial charge >= 0.3 is 0 Å². The Morgan fingerprint density at radius 2 is 0.957 bits per heavy atom. The SMILES string of the molecule is Cc1cc([Si](C)(C)C)cc2c1Cc1c(C)cc([Si](C)(C)C)cc1-2. The fourth-order valence-electron chi connectivity index (χ4n) is 3.63. The van der Waals surface area contributed by atoms with Gasteiger partial charge in [0.15, 0.2) is 0 Å². The third-order valence-electron chi connectivity index (χ3n) is 5.32. The smallest absolute Gasteiger partial charge is 0.0656 e. The topological polar surface area (TPSA) is 0 Å². The minimum absolute atomic E-state index is 1.13. The van der Waals surface area contributed by atoms with E-state index in [0.717, 1.165) is 6.42 Å². The Morgan fingerprint density at radius 3 is 1.26 bits per heavy atom. The number of aryl methyl sites for hydroxylation is 2. The summed E-state index contributed by atoms with van der Waals surface area (Å²) in [5.74, 6) is 0. The first-order valence-corrected chi connectivity index (χ1v) is 15.8. The molecule has 1 aliphatic rings. The maximum atomic E-state index is 2.52. The van der Waals surface area contributed by atoms with E-state index in [-0.39, 0.29) is 0 Å². The third-order valence-corrected chi connectivity index (χ3v) is 9.36. The molecule has 0 amide bonds. The second kappa shape index (κ2) is 5.19. The summed E-state index contributed by atoms with van der Waals surface area (Å²) in [7, 11) is -2.57. The Labute approximate surface area is 144 Å². The molecule has 0 nitrogen and oxygen atoms in total. The number of hydrogen-bond donors (Lipinski definition) is 0. The highest BCUT2D eigenvalue weighted by Crippen LogP contribution is 2.39. The number of hydrogen-bond acceptors (Lipinski definition) is 0. The van der Waals surface area contributed by atoms with Crippen LogP contribution in [0, 0.1) is 13.8 Å². The van der Waals surface area contributed by atoms with Crippen molar-refractivity contribution in [2.45, 2.75) is 59.6 Å². The predicted octanol–water partition coefficient (Wildman–Crippen LogP) is 4.97. The van der Waals surface area contributed by atoms with Crippen LogP contribution < -0.4 is 10.4 Å². The minimum Gasteiger partial charge on any atom is -0.0656 e. The largest absolute Gasteiger partial charge is 0.0776 e. The van der Waals surface area contributed by atoms with Crippen molar-refractivity contribution in [3.05, 3.63) is 46.5 Å². The van der Waals surface area contributed by atoms with Crippen LogP contribution in [0.2, 0.25) is 39.3 Å². The zero-order chi connectivity index (χ0) is 17.2. The first kappa shape index (κ1) is 16.7. The summed E-state index contributed by atoms with van der Waals surface area (Å²) in [6.07, 6.45) is 1.13. The number of fused-ring (bicyclic) bond motifs is 3. The van der Waals surface area contributed by atoms with E-state index in [9.17, 15) is 0 Å². The van der Waals surface area contributed by atoms with Crippen molar-refractivity contribution in [2.75, 3.05) is 0 Å². The summed E-state index contributed by atoms with van der Waals surface area (Å²) < 4.78 is 0. The van der Waals surface area contributed by atoms with Crippen molar-refractivity contribution < 1.29 is 0 Å². The molecule has 1 aliphatic carbocycles. The highest BCUT2D eigenvalue weighted by Gasteiger charge is 2.28. The van der Waals surface area contributed by atoms with Gasteiger partial charge in [-0.3, -0.25) is 0 Å². The van der Waals surface area contributed by atoms with Crippen LogP contribution in [0.15, 0.2) is 24.3 Å². The van der Waals surface area contributed by atoms with Crippen LogP contribution in [0.25, 0.3) is 11.1 Å². The predicted molar refractivity (Wildman–Crippen MR) is 110 cm³/mol. The van der Waals surface area contributed by atoms with Crippen molar-refractivity contribution in [2.24, 2.45) is 0 Å². The lowest BCUT2D eigenvalue weighted by Crippen LogP contribution is -2.38. The van der Waals surface area contributed by atoms with Gasteiger partial charge in [0, 0.05) is 0 Å². The molecular weight excluding hydrogens is 308 g/mol. The zero-order valence-electron chi connectivity index (χ0n) is 16.0. The summed E-state index contributed by atoms with van der Waals surface area (Å²) in [5, 5.41) is 3.19. The van der Waals surface area contributed by atoms with Crippen LogP contribution in [0.1, 0.15) is 22.3 Å². The van der Waals surface area contributed by atoms with E-state index in [2.05, 4.69) is 77.4 Å². The Kier molecular flexibility index (Phi) is 3.77. The molecule has 2 aromatic carbocycles. The first-order chi connectivity index (χ1) is 10.5. The van der Waals surface area contributed by atoms with Gasteiger partial charge in [0.05, 0.1) is 16.1 Å². The van der Waals surface area contributed by atoms with E-state index in [4.69, 9.17) is 0 Å². The highest BCUT2D eigenvalue weighted by atomic mass is 28.3. The summed E-state index contributed by atoms with van der Waals surface area (Å²) in [4.78, 5) is 0. The second-order valence-electron chi connectivity index (χ2n) is 9.32. The molecule has 0 spiro atoms. The van der Waals surface area contributed by atoms with E-state index < -0.39 is 16.1 Å². The summed E-state index contributed by atoms with van der Waals surface area (Å²) in [6.45, 7) is 19.3. The Balaban J connectivity index is 2.27. The average molecular weight is 339 g/mol. The molecule has 23 heavy (non-hydrogen) atoms. The van der Waals surface area contributed by atoms with Crippen LogP contribution in [0.3, 0.4) is 0 Å². The van der Waals surface area contributed by atoms with Crippen LogP contribution >= 0.6 is 0 Å². The standard InChI is InChI=1S/C21H30Si2/c1-14-9-16(22(3,4)5)11-20-18(14)13-19-15(2)10-17(12-21(19)20)23(6,7)8/h9-12H,13H2,1-8H3. The maximum absolute atomic E-state index is 2.52. The molecule has 0 saturated heterocycles. The van der Waals surface area contributed by atoms with Gasteiger partial charge in [0.25, 0.3) is 0 Å². The Morgan fingerprint density at radius 1 is 0.609 bits per heavy atom. The Hall–Kier alpha value is -1.13. The molecule has 0 aromatic heterocycles. The fourth-order valence-corrected chi connectivity index (χ4v) is 6.08. The molecule has 0 radical (unpaired) electrons. The van der Waals surface area contributed by atoms with Crippen LogP contribution in [0.5, 0.6) is 0 Å². The third kappa shape index (κ3) is 2.87. The van der Waals surface area contributed by atoms with Crippen LogP contribution in [-0.2, 0) is 6.42 Å². The molecule has 0 unspecified atom stereocenters. The monoisotopic (exact) mass is 338 g/mol. The van der Waals surface area contributed by atoms with Crippen LogP contribution in [0.4, 0.5) is 0 Å². The van der Waals surface area contributed by atoms with Gasteiger partial charge in [0.1, 0.15) is 0 Å². The lowest BCUT2D eigenvalue weighted by Gasteiger charge is -2.21. The van der Waals surface area contributed by atoms with Crippen molar-refractivity contribution in [1.29, 1.82) is 0 Å². The second-order valence-corrected chi connectivity index (χ2v) is 19.5. The van der Waals surface area contributed by atoms with E-state index >= 15 is 0 Å². The van der Waals surface area contributed by atoms with E-state index in [1.807, 2.05) is 0 Å². The number of rotatable bonds is 2. The molecule has 0 atom stereocenters. The zero-order valence-corrected chi connectivity index (χ0v) is 18.0. The summed E-state index contributed by atoms with van der Waals surface area (Å²) in [6, 6.07) is 9.97. The summed E-state index contributed by atoms with van der Waals surface area (Å²) in [5.41, 5.74) is 9.17. The lowest BCUT2D eigenvalue weighted by atomic mass is 10.0. The maximum Gasteiger partial charge on any atom is 0.0776 e. The van der Waals surface area contributed by atoms with Gasteiger partial charge in [-0.2, -0.15) is 0 Å². The fraction of sp³-hybridized carbons (Fsp3) is 0.429. The molecule has 122 valence electrons. The molecule has 0 bridgehead atoms. The van der Waals surface area contributed by atoms with Crippen molar-refractivity contribution in [3.8, 4) is 11.1 Å². The van der Waals surface area contributed by atoms with E-state index in [1.165, 1.54) is 22.3 Å². The molecule has 0 heterocycles. The Bertz CT molecular complexity index is 719. The molecule has 2 heteroatoms. The molecule has 2 aromatic rings. The molecule has 0 aliphatic heterocycles. The van der Waals surface area contributed by atoms with Crippen molar-refractivity contribution >= 4 is 26.5 Å². The van der Waals surface area contributed by atoms with Gasteiger partial charge in [-0.15, -0.1) is 0 Å². The lowest BCUT2D eigenvalue weighted by molar-refractivity contribution is 1.19. The molecule has 0 saturated carbocycles. The van der Waals surface area contributed by atoms with Gasteiger partial charge < -0.3 is 0 Å². The van der Waals surface area contributed by atoms with Crippen molar-refractivity contribution in [1.82, 2.24) is 0 Å². The van der Waals surface area contributed by atoms with E-state index in [0.29, 0.717) is 0 Å². The van der Waals surface area contributed by atoms with Crippen molar-refractivity contribution in [3.63, 3.8) is 0 Å².